The second kappa shape index (κ2) is 17.2. The van der Waals surface area contributed by atoms with Crippen LogP contribution in [0.25, 0.3) is 0 Å². The number of carbonyl (C=O) groups excluding carboxylic acids is 2. The molecule has 1 N–H and O–H groups in total. The Labute approximate surface area is 145 Å². The van der Waals surface area contributed by atoms with Crippen LogP contribution in [0.5, 0.6) is 0 Å². The Balaban J connectivity index is 0. The number of nitrogens with one attached hydrogen (secondary N) is 1. The van der Waals surface area contributed by atoms with Crippen molar-refractivity contribution in [3.05, 3.63) is 0 Å². The minimum atomic E-state index is -0.497. The van der Waals surface area contributed by atoms with Crippen molar-refractivity contribution in [2.75, 3.05) is 13.6 Å². The smallest absolute Gasteiger partial charge is 0.327 e. The van der Waals surface area contributed by atoms with E-state index < -0.39 is 11.9 Å². The first-order chi connectivity index (χ1) is 9.20. The van der Waals surface area contributed by atoms with Gasteiger partial charge in [-0.3, -0.25) is 9.59 Å². The van der Waals surface area contributed by atoms with Gasteiger partial charge in [0.05, 0.1) is 6.54 Å². The molecular formula is C15H29NNaO3. The van der Waals surface area contributed by atoms with E-state index in [1.165, 1.54) is 44.9 Å². The molecule has 0 saturated carbocycles. The maximum atomic E-state index is 11.3. The first-order valence-corrected chi connectivity index (χ1v) is 7.58. The summed E-state index contributed by atoms with van der Waals surface area (Å²) in [5, 5.41) is 2.65. The van der Waals surface area contributed by atoms with E-state index in [0.29, 0.717) is 6.42 Å². The number of unbranched alkanes of at least 4 members (excludes halogenated alkanes) is 8. The predicted octanol–water partition coefficient (Wildman–Crippen LogP) is 2.82. The van der Waals surface area contributed by atoms with Gasteiger partial charge in [-0.1, -0.05) is 58.3 Å². The largest absolute Gasteiger partial charge is 0.392 e. The van der Waals surface area contributed by atoms with Crippen molar-refractivity contribution in [3.63, 3.8) is 0 Å². The van der Waals surface area contributed by atoms with E-state index in [1.807, 2.05) is 0 Å². The molecule has 0 aromatic heterocycles. The average molecular weight is 294 g/mol. The van der Waals surface area contributed by atoms with Crippen LogP contribution in [-0.2, 0) is 14.3 Å². The quantitative estimate of drug-likeness (QED) is 0.260. The molecule has 0 aromatic carbocycles. The molecule has 113 valence electrons. The molecule has 0 atom stereocenters. The summed E-state index contributed by atoms with van der Waals surface area (Å²) >= 11 is 0. The van der Waals surface area contributed by atoms with Crippen LogP contribution in [0.1, 0.15) is 71.1 Å². The monoisotopic (exact) mass is 294 g/mol. The second-order valence-electron chi connectivity index (χ2n) is 4.95. The molecule has 4 nitrogen and oxygen atoms in total. The van der Waals surface area contributed by atoms with Crippen LogP contribution < -0.4 is 5.32 Å². The van der Waals surface area contributed by atoms with E-state index in [2.05, 4.69) is 17.0 Å². The molecule has 0 amide bonds. The molecule has 0 aromatic rings. The zero-order valence-corrected chi connectivity index (χ0v) is 15.5. The van der Waals surface area contributed by atoms with Crippen LogP contribution in [0.3, 0.4) is 0 Å². The van der Waals surface area contributed by atoms with Crippen LogP contribution in [0, 0.1) is 0 Å². The third kappa shape index (κ3) is 16.2. The molecule has 0 heterocycles. The van der Waals surface area contributed by atoms with Gasteiger partial charge < -0.3 is 10.1 Å². The molecule has 0 fully saturated rings. The van der Waals surface area contributed by atoms with E-state index in [-0.39, 0.29) is 36.1 Å². The Morgan fingerprint density at radius 2 is 1.35 bits per heavy atom. The summed E-state index contributed by atoms with van der Waals surface area (Å²) in [6.45, 7) is 2.31. The topological polar surface area (TPSA) is 55.4 Å². The first kappa shape index (κ1) is 22.4. The maximum Gasteiger partial charge on any atom is 0.327 e. The molecule has 0 aliphatic heterocycles. The van der Waals surface area contributed by atoms with Gasteiger partial charge in [-0.25, -0.2) is 0 Å². The van der Waals surface area contributed by atoms with Crippen molar-refractivity contribution in [1.29, 1.82) is 0 Å². The molecular weight excluding hydrogens is 265 g/mol. The summed E-state index contributed by atoms with van der Waals surface area (Å²) in [5.74, 6) is -0.897. The van der Waals surface area contributed by atoms with Gasteiger partial charge in [0.1, 0.15) is 0 Å². The van der Waals surface area contributed by atoms with E-state index in [9.17, 15) is 9.59 Å². The van der Waals surface area contributed by atoms with Crippen molar-refractivity contribution >= 4 is 41.5 Å². The predicted molar refractivity (Wildman–Crippen MR) is 82.6 cm³/mol. The average Bonchev–Trinajstić information content (AvgIpc) is 2.37. The fraction of sp³-hybridized carbons (Fsp3) is 0.867. The van der Waals surface area contributed by atoms with E-state index in [1.54, 1.807) is 7.05 Å². The van der Waals surface area contributed by atoms with Crippen LogP contribution >= 0.6 is 0 Å². The third-order valence-electron chi connectivity index (χ3n) is 3.03. The molecule has 20 heavy (non-hydrogen) atoms. The molecule has 0 bridgehead atoms. The van der Waals surface area contributed by atoms with Crippen molar-refractivity contribution in [2.45, 2.75) is 71.1 Å². The Hall–Kier alpha value is 0.1000. The molecule has 0 unspecified atom stereocenters. The number of hydrogen-bond acceptors (Lipinski definition) is 4. The number of esters is 2. The molecule has 0 spiro atoms. The van der Waals surface area contributed by atoms with E-state index in [4.69, 9.17) is 0 Å². The summed E-state index contributed by atoms with van der Waals surface area (Å²) in [7, 11) is 1.65. The second-order valence-corrected chi connectivity index (χ2v) is 4.95. The summed E-state index contributed by atoms with van der Waals surface area (Å²) in [4.78, 5) is 22.3. The van der Waals surface area contributed by atoms with Crippen LogP contribution in [0.4, 0.5) is 0 Å². The number of carbonyl (C=O) groups is 2. The van der Waals surface area contributed by atoms with Gasteiger partial charge >= 0.3 is 11.9 Å². The van der Waals surface area contributed by atoms with Gasteiger partial charge in [0, 0.05) is 36.0 Å². The van der Waals surface area contributed by atoms with Gasteiger partial charge in [-0.2, -0.15) is 0 Å². The summed E-state index contributed by atoms with van der Waals surface area (Å²) < 4.78 is 4.62. The summed E-state index contributed by atoms with van der Waals surface area (Å²) in [5.41, 5.74) is 0. The number of hydrogen-bond donors (Lipinski definition) is 1. The minimum Gasteiger partial charge on any atom is -0.392 e. The minimum absolute atomic E-state index is 0. The summed E-state index contributed by atoms with van der Waals surface area (Å²) in [6.07, 6.45) is 11.2. The SMILES string of the molecule is CCCCCCCCCCCC(=O)OC(=O)CNC.[Na]. The molecule has 5 heteroatoms. The zero-order valence-electron chi connectivity index (χ0n) is 13.5. The fourth-order valence-corrected chi connectivity index (χ4v) is 1.94. The Kier molecular flexibility index (Phi) is 19.2. The molecule has 0 aliphatic rings. The van der Waals surface area contributed by atoms with E-state index in [0.717, 1.165) is 12.8 Å². The van der Waals surface area contributed by atoms with Gasteiger partial charge in [0.15, 0.2) is 0 Å². The zero-order chi connectivity index (χ0) is 14.3. The third-order valence-corrected chi connectivity index (χ3v) is 3.03. The van der Waals surface area contributed by atoms with Gasteiger partial charge in [-0.15, -0.1) is 0 Å². The number of ether oxygens (including phenoxy) is 1. The van der Waals surface area contributed by atoms with Crippen LogP contribution in [0.15, 0.2) is 0 Å². The van der Waals surface area contributed by atoms with Crippen LogP contribution in [-0.4, -0.2) is 55.1 Å². The number of rotatable bonds is 12. The van der Waals surface area contributed by atoms with Crippen molar-refractivity contribution in [3.8, 4) is 0 Å². The molecule has 1 radical (unpaired) electrons. The Bertz CT molecular complexity index is 247. The number of likely N-dealkylation sites (N-methyl/N-ethyl adjacent to an activating group) is 1. The molecule has 0 aliphatic carbocycles. The van der Waals surface area contributed by atoms with Crippen molar-refractivity contribution in [1.82, 2.24) is 5.32 Å². The van der Waals surface area contributed by atoms with Gasteiger partial charge in [-0.05, 0) is 13.5 Å². The maximum absolute atomic E-state index is 11.3. The normalized spacial score (nSPS) is 9.90. The fourth-order valence-electron chi connectivity index (χ4n) is 1.94. The van der Waals surface area contributed by atoms with Crippen LogP contribution in [0.2, 0.25) is 0 Å². The van der Waals surface area contributed by atoms with Gasteiger partial charge in [0.25, 0.3) is 0 Å². The van der Waals surface area contributed by atoms with Crippen molar-refractivity contribution in [2.24, 2.45) is 0 Å². The molecule has 0 rings (SSSR count). The van der Waals surface area contributed by atoms with Crippen molar-refractivity contribution < 1.29 is 14.3 Å². The first-order valence-electron chi connectivity index (χ1n) is 7.58. The standard InChI is InChI=1S/C15H29NO3.Na/c1-3-4-5-6-7-8-9-10-11-12-14(17)19-15(18)13-16-2;/h16H,3-13H2,1-2H3;. The summed E-state index contributed by atoms with van der Waals surface area (Å²) in [6, 6.07) is 0. The Morgan fingerprint density at radius 3 is 1.85 bits per heavy atom. The Morgan fingerprint density at radius 1 is 0.850 bits per heavy atom. The van der Waals surface area contributed by atoms with Gasteiger partial charge in [0.2, 0.25) is 0 Å². The molecule has 0 saturated heterocycles. The van der Waals surface area contributed by atoms with E-state index >= 15 is 0 Å².